The molecule has 0 saturated heterocycles. The van der Waals surface area contributed by atoms with E-state index in [1.165, 1.54) is 19.3 Å². The van der Waals surface area contributed by atoms with Crippen molar-refractivity contribution in [3.05, 3.63) is 239 Å². The van der Waals surface area contributed by atoms with Crippen LogP contribution in [0, 0.1) is 34.6 Å². The fraction of sp³-hybridized carbons (Fsp3) is 0.291. The first-order valence-corrected chi connectivity index (χ1v) is 49.4. The number of hydrogen-bond acceptors (Lipinski definition) is 15. The molecule has 606 valence electrons. The molecule has 0 fully saturated rings. The molecule has 8 rings (SSSR count). The fourth-order valence-electron chi connectivity index (χ4n) is 9.15. The topological polar surface area (TPSA) is 189 Å². The molecule has 111 heavy (non-hydrogen) atoms. The molecule has 0 bridgehead atoms. The Morgan fingerprint density at radius 2 is 0.793 bits per heavy atom. The number of methoxy groups -OCH3 is 5. The van der Waals surface area contributed by atoms with Gasteiger partial charge >= 0.3 is 76.6 Å². The summed E-state index contributed by atoms with van der Waals surface area (Å²) in [5.74, 6) is 3.45. The molecule has 0 saturated carbocycles. The van der Waals surface area contributed by atoms with Crippen LogP contribution in [-0.2, 0) is 68.0 Å². The van der Waals surface area contributed by atoms with Gasteiger partial charge in [-0.05, 0) is 185 Å². The molecule has 0 aromatic heterocycles. The van der Waals surface area contributed by atoms with Crippen molar-refractivity contribution in [2.24, 2.45) is 0 Å². The second-order valence-corrected chi connectivity index (χ2v) is 49.9. The number of carbonyl (C=O) groups excluding carboxylic acids is 5. The number of phenolic OH excluding ortho intramolecular Hbond substituents is 1. The molecule has 0 aliphatic rings. The number of esters is 4. The normalized spacial score (nSPS) is 10.2. The monoisotopic (exact) mass is 1990 g/mol. The third kappa shape index (κ3) is 42.4. The minimum atomic E-state index is -3.11. The van der Waals surface area contributed by atoms with Crippen LogP contribution < -0.4 is 34.9 Å². The van der Waals surface area contributed by atoms with Gasteiger partial charge in [0.05, 0.1) is 80.0 Å². The summed E-state index contributed by atoms with van der Waals surface area (Å²) in [4.78, 5) is 56.6. The summed E-state index contributed by atoms with van der Waals surface area (Å²) in [6.45, 7) is 15.8. The summed E-state index contributed by atoms with van der Waals surface area (Å²) in [6.07, 6.45) is 5.75. The van der Waals surface area contributed by atoms with Crippen molar-refractivity contribution in [1.82, 2.24) is 0 Å². The maximum absolute atomic E-state index is 12.5. The van der Waals surface area contributed by atoms with Crippen molar-refractivity contribution in [2.45, 2.75) is 93.0 Å². The Labute approximate surface area is 732 Å². The van der Waals surface area contributed by atoms with Crippen molar-refractivity contribution in [1.29, 1.82) is 0 Å². The van der Waals surface area contributed by atoms with E-state index >= 15 is 0 Å². The first-order chi connectivity index (χ1) is 52.5. The number of alkyl halides is 2. The summed E-state index contributed by atoms with van der Waals surface area (Å²) in [7, 11) is 27.8. The number of hydrogen-bond donors (Lipinski definition) is 1. The molecular formula is C79H90BBr3Cl11O15PTi. The third-order valence-corrected chi connectivity index (χ3v) is 21.3. The summed E-state index contributed by atoms with van der Waals surface area (Å²) >= 11 is 46.1. The number of benzene rings is 8. The van der Waals surface area contributed by atoms with Crippen LogP contribution in [0.2, 0.25) is 25.1 Å². The average Bonchev–Trinajstić information content (AvgIpc) is 0.754. The van der Waals surface area contributed by atoms with E-state index in [1.54, 1.807) is 92.3 Å². The van der Waals surface area contributed by atoms with Crippen LogP contribution in [0.3, 0.4) is 0 Å². The van der Waals surface area contributed by atoms with Gasteiger partial charge < -0.3 is 47.7 Å². The molecule has 15 nitrogen and oxygen atoms in total. The summed E-state index contributed by atoms with van der Waals surface area (Å²) in [5.41, 5.74) is 7.89. The second kappa shape index (κ2) is 60.2. The van der Waals surface area contributed by atoms with Crippen LogP contribution in [0.4, 0.5) is 0 Å². The van der Waals surface area contributed by atoms with E-state index in [0.717, 1.165) is 72.5 Å². The molecule has 32 heteroatoms. The van der Waals surface area contributed by atoms with Gasteiger partial charge in [0.15, 0.2) is 0 Å². The minimum absolute atomic E-state index is 0.0686. The molecular weight excluding hydrogens is 1910 g/mol. The Morgan fingerprint density at radius 3 is 1.15 bits per heavy atom. The number of aromatic hydroxyl groups is 1. The van der Waals surface area contributed by atoms with Crippen molar-refractivity contribution >= 4 is 234 Å². The van der Waals surface area contributed by atoms with E-state index in [2.05, 4.69) is 88.4 Å². The number of aldehydes is 1. The first kappa shape index (κ1) is 107. The number of rotatable bonds is 22. The molecule has 8 aromatic rings. The first-order valence-electron chi connectivity index (χ1n) is 33.4. The zero-order valence-electron chi connectivity index (χ0n) is 63.5. The fourth-order valence-corrected chi connectivity index (χ4v) is 14.0. The summed E-state index contributed by atoms with van der Waals surface area (Å²) in [6, 6.07) is 50.5. The number of aryl methyl sites for hydroxylation is 3. The third-order valence-electron chi connectivity index (χ3n) is 14.6. The second-order valence-electron chi connectivity index (χ2n) is 21.8. The van der Waals surface area contributed by atoms with Crippen molar-refractivity contribution < 1.29 is 84.1 Å². The predicted octanol–water partition coefficient (Wildman–Crippen LogP) is 24.0. The SMILES string of the molecule is BrB(Br)Br.CCOC(=O)/C=C/c1ccc(OC)c(Cl)c1C.CCOC(=O)C=P(c1ccccc1)(c1ccccc1)c1ccccc1.CCOC(=O)CCc1ccc(O)c(Cl)c1C.CCOC(=O)CCc1ccc(OC)c(Cl)c1C.COC(Cl)Cl.COc1ccc(C=O)c(C)c1Cl.COc1cccc(C)c1Cl.[Cl][Ti]([Cl])([Cl])[Cl]. The van der Waals surface area contributed by atoms with E-state index in [1.807, 2.05) is 126 Å². The van der Waals surface area contributed by atoms with Crippen LogP contribution in [0.25, 0.3) is 6.08 Å². The molecule has 0 aliphatic carbocycles. The van der Waals surface area contributed by atoms with E-state index in [0.29, 0.717) is 100 Å². The van der Waals surface area contributed by atoms with Crippen LogP contribution >= 0.6 is 173 Å². The van der Waals surface area contributed by atoms with E-state index < -0.39 is 24.3 Å². The van der Waals surface area contributed by atoms with Gasteiger partial charge in [-0.25, -0.2) is 9.59 Å². The quantitative estimate of drug-likeness (QED) is 0.0128. The molecule has 8 aromatic carbocycles. The van der Waals surface area contributed by atoms with E-state index in [9.17, 15) is 29.1 Å². The van der Waals surface area contributed by atoms with Crippen LogP contribution in [-0.4, -0.2) is 111 Å². The Kier molecular flexibility index (Phi) is 57.9. The zero-order chi connectivity index (χ0) is 84.4. The van der Waals surface area contributed by atoms with E-state index in [-0.39, 0.29) is 32.8 Å². The Bertz CT molecular complexity index is 4080. The van der Waals surface area contributed by atoms with Crippen molar-refractivity contribution in [2.75, 3.05) is 62.0 Å². The molecule has 0 unspecified atom stereocenters. The van der Waals surface area contributed by atoms with Gasteiger partial charge in [-0.1, -0.05) is 203 Å². The molecule has 0 amide bonds. The van der Waals surface area contributed by atoms with Gasteiger partial charge in [0.2, 0.25) is 5.02 Å². The maximum atomic E-state index is 12.5. The van der Waals surface area contributed by atoms with Crippen molar-refractivity contribution in [3.63, 3.8) is 0 Å². The summed E-state index contributed by atoms with van der Waals surface area (Å²) in [5, 5.41) is 14.8. The van der Waals surface area contributed by atoms with Gasteiger partial charge in [-0.15, -0.1) is 47.3 Å². The van der Waals surface area contributed by atoms with Gasteiger partial charge in [0.1, 0.15) is 35.0 Å². The van der Waals surface area contributed by atoms with Gasteiger partial charge in [-0.2, -0.15) is 0 Å². The van der Waals surface area contributed by atoms with Crippen LogP contribution in [0.1, 0.15) is 95.4 Å². The molecule has 0 spiro atoms. The molecule has 0 atom stereocenters. The Morgan fingerprint density at radius 1 is 0.459 bits per heavy atom. The van der Waals surface area contributed by atoms with Gasteiger partial charge in [0, 0.05) is 37.4 Å². The van der Waals surface area contributed by atoms with Crippen molar-refractivity contribution in [3.8, 4) is 28.7 Å². The molecule has 0 aliphatic heterocycles. The Balaban J connectivity index is 0.00000128. The number of ether oxygens (including phenoxy) is 9. The van der Waals surface area contributed by atoms with Gasteiger partial charge in [0.25, 0.3) is 0 Å². The molecule has 0 radical (unpaired) electrons. The Hall–Kier alpha value is -4.28. The number of carbonyl (C=O) groups is 5. The molecule has 0 heterocycles. The molecule has 1 N–H and O–H groups in total. The zero-order valence-corrected chi connectivity index (χ0v) is 79.1. The number of phenols is 1. The number of halogens is 14. The van der Waals surface area contributed by atoms with E-state index in [4.69, 9.17) is 156 Å². The standard InChI is InChI=1S/C22H21O2P.C13H17ClO3.C13H15ClO3.C12H15ClO3.C9H9ClO2.C8H9ClO.C2H4Cl2O.BBr3.4ClH.Ti/c1-2-24-22(23)18-25(19-12-6-3-7-13-19,20-14-8-4-9-15-20)21-16-10-5-11-17-21;2*1-4-17-12(15)8-6-10-5-7-11(16-3)13(14)9(10)2;1-3-16-11(15)7-5-9-4-6-10(14)12(13)8(9)2;1-6-7(5-11)3-4-8(12-2)9(6)10;1-6-4-3-5-7(10-2)8(6)9;1-5-2(3)4;2-1(3)4;;;;;/h3-18H,2H2,1H3;5,7H,4,6,8H2,1-3H3;5-8H,4H2,1-3H3;4,6,14H,3,5,7H2,1-2H3;3-5H,1-2H3;3-5H,1-2H3;2H,1H3;;4*1H;/q;;;;;;;;;;;;+4/p-4/b;;8-6+;;;;;;;;;;. The van der Waals surface area contributed by atoms with Gasteiger partial charge in [-0.3, -0.25) is 14.4 Å². The van der Waals surface area contributed by atoms with Crippen LogP contribution in [0.5, 0.6) is 28.7 Å². The van der Waals surface area contributed by atoms with Crippen LogP contribution in [0.15, 0.2) is 164 Å². The summed E-state index contributed by atoms with van der Waals surface area (Å²) < 4.78 is 44.6. The average molecular weight is 2000 g/mol. The predicted molar refractivity (Wildman–Crippen MR) is 476 cm³/mol.